The van der Waals surface area contributed by atoms with Crippen LogP contribution in [0.4, 0.5) is 11.8 Å². The van der Waals surface area contributed by atoms with E-state index in [2.05, 4.69) is 31.9 Å². The van der Waals surface area contributed by atoms with Crippen LogP contribution in [0.25, 0.3) is 16.5 Å². The number of ether oxygens (including phenoxy) is 1. The first-order chi connectivity index (χ1) is 15.0. The molecule has 0 bridgehead atoms. The molecule has 1 unspecified atom stereocenters. The van der Waals surface area contributed by atoms with Crippen molar-refractivity contribution in [1.29, 1.82) is 5.26 Å². The van der Waals surface area contributed by atoms with Gasteiger partial charge in [0.1, 0.15) is 11.6 Å². The third-order valence-electron chi connectivity index (χ3n) is 5.22. The molecule has 1 aromatic carbocycles. The first-order valence-corrected chi connectivity index (χ1v) is 9.72. The topological polar surface area (TPSA) is 143 Å². The van der Waals surface area contributed by atoms with Gasteiger partial charge < -0.3 is 25.2 Å². The monoisotopic (exact) mass is 419 g/mol. The van der Waals surface area contributed by atoms with Gasteiger partial charge in [0.15, 0.2) is 11.4 Å². The Labute approximate surface area is 178 Å². The number of rotatable bonds is 6. The number of hydrogen-bond acceptors (Lipinski definition) is 9. The van der Waals surface area contributed by atoms with Crippen LogP contribution in [0.2, 0.25) is 0 Å². The molecule has 1 aliphatic rings. The molecular formula is C21H21N7O3. The van der Waals surface area contributed by atoms with Crippen molar-refractivity contribution < 1.29 is 14.1 Å². The van der Waals surface area contributed by atoms with Gasteiger partial charge in [0.05, 0.1) is 18.7 Å². The van der Waals surface area contributed by atoms with E-state index < -0.39 is 5.91 Å². The van der Waals surface area contributed by atoms with Gasteiger partial charge in [-0.1, -0.05) is 23.9 Å². The number of benzene rings is 1. The second-order valence-corrected chi connectivity index (χ2v) is 7.19. The Morgan fingerprint density at radius 1 is 1.48 bits per heavy atom. The summed E-state index contributed by atoms with van der Waals surface area (Å²) >= 11 is 0. The molecule has 1 amide bonds. The number of amides is 1. The number of methoxy groups -OCH3 is 1. The van der Waals surface area contributed by atoms with Gasteiger partial charge in [-0.3, -0.25) is 4.79 Å². The summed E-state index contributed by atoms with van der Waals surface area (Å²) in [5, 5.41) is 17.4. The van der Waals surface area contributed by atoms with Gasteiger partial charge >= 0.3 is 0 Å². The lowest BCUT2D eigenvalue weighted by Gasteiger charge is -2.33. The van der Waals surface area contributed by atoms with Crippen LogP contribution in [0.15, 0.2) is 35.5 Å². The highest BCUT2D eigenvalue weighted by atomic mass is 16.5. The van der Waals surface area contributed by atoms with Crippen LogP contribution in [-0.4, -0.2) is 47.3 Å². The number of para-hydroxylation sites is 1. The van der Waals surface area contributed by atoms with Gasteiger partial charge in [0.2, 0.25) is 17.7 Å². The molecule has 1 saturated heterocycles. The number of carbonyl (C=O) groups excluding carboxylic acids is 1. The number of anilines is 2. The third-order valence-corrected chi connectivity index (χ3v) is 5.22. The van der Waals surface area contributed by atoms with Crippen molar-refractivity contribution >= 4 is 34.2 Å². The zero-order valence-corrected chi connectivity index (χ0v) is 17.0. The van der Waals surface area contributed by atoms with Crippen LogP contribution in [0.5, 0.6) is 5.88 Å². The van der Waals surface area contributed by atoms with E-state index in [1.807, 2.05) is 18.2 Å². The van der Waals surface area contributed by atoms with Crippen molar-refractivity contribution in [2.24, 2.45) is 5.73 Å². The van der Waals surface area contributed by atoms with Crippen LogP contribution in [0.1, 0.15) is 24.0 Å². The molecule has 2 aromatic heterocycles. The van der Waals surface area contributed by atoms with Gasteiger partial charge in [0.25, 0.3) is 0 Å². The van der Waals surface area contributed by atoms with Crippen molar-refractivity contribution in [3.8, 4) is 11.9 Å². The number of nitriles is 1. The van der Waals surface area contributed by atoms with E-state index in [0.29, 0.717) is 29.5 Å². The molecule has 0 aliphatic carbocycles. The molecule has 4 rings (SSSR count). The summed E-state index contributed by atoms with van der Waals surface area (Å²) in [6.45, 7) is 5.20. The quantitative estimate of drug-likeness (QED) is 0.574. The van der Waals surface area contributed by atoms with Gasteiger partial charge in [-0.2, -0.15) is 10.2 Å². The highest BCUT2D eigenvalue weighted by Crippen LogP contribution is 2.33. The SMILES string of the molecule is C=C(C(N)=O)c1cccc2c(N3CCCC(Nc4ncc(C#N)c(OC)n4)C3)noc12. The van der Waals surface area contributed by atoms with Crippen molar-refractivity contribution in [3.63, 3.8) is 0 Å². The van der Waals surface area contributed by atoms with Crippen molar-refractivity contribution in [1.82, 2.24) is 15.1 Å². The van der Waals surface area contributed by atoms with Crippen LogP contribution < -0.4 is 20.7 Å². The molecule has 3 heterocycles. The minimum Gasteiger partial charge on any atom is -0.480 e. The number of carbonyl (C=O) groups is 1. The first-order valence-electron chi connectivity index (χ1n) is 9.72. The average Bonchev–Trinajstić information content (AvgIpc) is 3.23. The van der Waals surface area contributed by atoms with Crippen LogP contribution in [0.3, 0.4) is 0 Å². The summed E-state index contributed by atoms with van der Waals surface area (Å²) in [5.41, 5.74) is 6.86. The van der Waals surface area contributed by atoms with Crippen LogP contribution >= 0.6 is 0 Å². The molecule has 3 N–H and O–H groups in total. The molecule has 0 radical (unpaired) electrons. The van der Waals surface area contributed by atoms with Gasteiger partial charge in [-0.05, 0) is 18.9 Å². The molecule has 0 spiro atoms. The molecule has 1 fully saturated rings. The maximum Gasteiger partial charge on any atom is 0.248 e. The molecule has 1 aliphatic heterocycles. The molecule has 158 valence electrons. The van der Waals surface area contributed by atoms with E-state index in [9.17, 15) is 4.79 Å². The molecular weight excluding hydrogens is 398 g/mol. The molecule has 10 heteroatoms. The number of hydrogen-bond donors (Lipinski definition) is 2. The predicted molar refractivity (Wildman–Crippen MR) is 114 cm³/mol. The molecule has 10 nitrogen and oxygen atoms in total. The summed E-state index contributed by atoms with van der Waals surface area (Å²) in [4.78, 5) is 22.1. The predicted octanol–water partition coefficient (Wildman–Crippen LogP) is 2.08. The van der Waals surface area contributed by atoms with Crippen molar-refractivity contribution in [2.45, 2.75) is 18.9 Å². The van der Waals surface area contributed by atoms with E-state index >= 15 is 0 Å². The second kappa shape index (κ2) is 8.31. The highest BCUT2D eigenvalue weighted by molar-refractivity contribution is 6.21. The lowest BCUT2D eigenvalue weighted by molar-refractivity contribution is -0.112. The zero-order chi connectivity index (χ0) is 22.0. The van der Waals surface area contributed by atoms with Crippen LogP contribution in [0, 0.1) is 11.3 Å². The average molecular weight is 419 g/mol. The van der Waals surface area contributed by atoms with E-state index in [4.69, 9.17) is 20.3 Å². The fourth-order valence-corrected chi connectivity index (χ4v) is 3.69. The number of primary amides is 1. The summed E-state index contributed by atoms with van der Waals surface area (Å²) in [6, 6.07) is 7.51. The van der Waals surface area contributed by atoms with Gasteiger partial charge in [-0.25, -0.2) is 4.98 Å². The number of piperidine rings is 1. The van der Waals surface area contributed by atoms with Crippen LogP contribution in [-0.2, 0) is 4.79 Å². The Hall–Kier alpha value is -4.13. The van der Waals surface area contributed by atoms with Gasteiger partial charge in [0, 0.05) is 30.3 Å². The summed E-state index contributed by atoms with van der Waals surface area (Å²) in [6.07, 6.45) is 3.28. The largest absolute Gasteiger partial charge is 0.480 e. The fourth-order valence-electron chi connectivity index (χ4n) is 3.69. The summed E-state index contributed by atoms with van der Waals surface area (Å²) in [7, 11) is 1.46. The standard InChI is InChI=1S/C21H21N7O3/c1-12(18(23)29)15-6-3-7-16-17(15)31-27-19(16)28-8-4-5-14(11-28)25-21-24-10-13(9-22)20(26-21)30-2/h3,6-7,10,14H,1,4-5,8,11H2,2H3,(H2,23,29)(H,24,25,26). The third kappa shape index (κ3) is 3.85. The van der Waals surface area contributed by atoms with Crippen molar-refractivity contribution in [2.75, 3.05) is 30.4 Å². The van der Waals surface area contributed by atoms with E-state index in [1.54, 1.807) is 6.07 Å². The minimum absolute atomic E-state index is 0.0573. The highest BCUT2D eigenvalue weighted by Gasteiger charge is 2.26. The second-order valence-electron chi connectivity index (χ2n) is 7.19. The van der Waals surface area contributed by atoms with E-state index in [1.165, 1.54) is 13.3 Å². The smallest absolute Gasteiger partial charge is 0.248 e. The fraction of sp³-hybridized carbons (Fsp3) is 0.286. The minimum atomic E-state index is -0.606. The van der Waals surface area contributed by atoms with Gasteiger partial charge in [-0.15, -0.1) is 0 Å². The lowest BCUT2D eigenvalue weighted by Crippen LogP contribution is -2.42. The Kier molecular flexibility index (Phi) is 5.41. The number of nitrogens with zero attached hydrogens (tertiary/aromatic N) is 5. The Morgan fingerprint density at radius 2 is 2.32 bits per heavy atom. The normalized spacial score (nSPS) is 16.0. The Morgan fingerprint density at radius 3 is 3.06 bits per heavy atom. The first kappa shape index (κ1) is 20.2. The Balaban J connectivity index is 1.56. The summed E-state index contributed by atoms with van der Waals surface area (Å²) < 4.78 is 10.7. The van der Waals surface area contributed by atoms with Crippen molar-refractivity contribution in [3.05, 3.63) is 42.1 Å². The number of fused-ring (bicyclic) bond motifs is 1. The molecule has 0 saturated carbocycles. The zero-order valence-electron chi connectivity index (χ0n) is 17.0. The maximum atomic E-state index is 11.6. The number of nitrogens with two attached hydrogens (primary N) is 1. The lowest BCUT2D eigenvalue weighted by atomic mass is 10.0. The number of nitrogens with one attached hydrogen (secondary N) is 1. The molecule has 31 heavy (non-hydrogen) atoms. The maximum absolute atomic E-state index is 11.6. The molecule has 1 atom stereocenters. The Bertz CT molecular complexity index is 1200. The summed E-state index contributed by atoms with van der Waals surface area (Å²) in [5.74, 6) is 0.717. The van der Waals surface area contributed by atoms with E-state index in [0.717, 1.165) is 24.8 Å². The molecule has 3 aromatic rings. The number of aromatic nitrogens is 3. The van der Waals surface area contributed by atoms with E-state index in [-0.39, 0.29) is 23.1 Å².